The summed E-state index contributed by atoms with van der Waals surface area (Å²) in [7, 11) is -3.19. The van der Waals surface area contributed by atoms with E-state index in [4.69, 9.17) is 0 Å². The zero-order valence-electron chi connectivity index (χ0n) is 9.59. The number of aromatic nitrogens is 1. The van der Waals surface area contributed by atoms with E-state index in [1.54, 1.807) is 6.20 Å². The molecule has 94 valence electrons. The fraction of sp³-hybridized carbons (Fsp3) is 0.545. The quantitative estimate of drug-likeness (QED) is 0.771. The van der Waals surface area contributed by atoms with Gasteiger partial charge in [0.15, 0.2) is 0 Å². The molecule has 2 heterocycles. The zero-order chi connectivity index (χ0) is 12.1. The Balaban J connectivity index is 1.85. The maximum absolute atomic E-state index is 11.8. The lowest BCUT2D eigenvalue weighted by atomic mass is 10.3. The highest BCUT2D eigenvalue weighted by Crippen LogP contribution is 2.02. The third kappa shape index (κ3) is 4.07. The molecule has 0 bridgehead atoms. The molecular formula is C11H17N3O2S. The Bertz CT molecular complexity index is 441. The van der Waals surface area contributed by atoms with Crippen molar-refractivity contribution >= 4 is 10.0 Å². The molecule has 0 aliphatic carbocycles. The highest BCUT2D eigenvalue weighted by atomic mass is 32.2. The predicted molar refractivity (Wildman–Crippen MR) is 66.1 cm³/mol. The molecule has 1 atom stereocenters. The second-order valence-electron chi connectivity index (χ2n) is 4.20. The molecule has 2 rings (SSSR count). The molecule has 1 saturated heterocycles. The Morgan fingerprint density at radius 2 is 2.35 bits per heavy atom. The van der Waals surface area contributed by atoms with Gasteiger partial charge in [-0.25, -0.2) is 13.1 Å². The maximum atomic E-state index is 11.8. The predicted octanol–water partition coefficient (Wildman–Crippen LogP) is -0.0946. The summed E-state index contributed by atoms with van der Waals surface area (Å²) in [6, 6.07) is 5.57. The normalized spacial score (nSPS) is 20.6. The minimum absolute atomic E-state index is 0.0451. The lowest BCUT2D eigenvalue weighted by molar-refractivity contribution is 0.559. The summed E-state index contributed by atoms with van der Waals surface area (Å²) in [4.78, 5) is 4.11. The maximum Gasteiger partial charge on any atom is 0.212 e. The molecular weight excluding hydrogens is 238 g/mol. The Kier molecular flexibility index (Phi) is 4.09. The summed E-state index contributed by atoms with van der Waals surface area (Å²) < 4.78 is 26.3. The summed E-state index contributed by atoms with van der Waals surface area (Å²) in [6.45, 7) is 1.61. The van der Waals surface area contributed by atoms with Gasteiger partial charge in [0.25, 0.3) is 0 Å². The number of pyridine rings is 1. The largest absolute Gasteiger partial charge is 0.315 e. The third-order valence-corrected chi connectivity index (χ3v) is 4.19. The van der Waals surface area contributed by atoms with E-state index in [-0.39, 0.29) is 11.8 Å². The van der Waals surface area contributed by atoms with E-state index in [0.29, 0.717) is 6.42 Å². The van der Waals surface area contributed by atoms with Crippen LogP contribution in [0.5, 0.6) is 0 Å². The zero-order valence-corrected chi connectivity index (χ0v) is 10.4. The van der Waals surface area contributed by atoms with Crippen molar-refractivity contribution in [3.8, 4) is 0 Å². The number of sulfonamides is 1. The van der Waals surface area contributed by atoms with Crippen LogP contribution in [-0.4, -0.2) is 38.3 Å². The molecule has 0 radical (unpaired) electrons. The van der Waals surface area contributed by atoms with Crippen molar-refractivity contribution in [1.29, 1.82) is 0 Å². The first-order chi connectivity index (χ1) is 8.16. The molecule has 0 spiro atoms. The van der Waals surface area contributed by atoms with Crippen LogP contribution < -0.4 is 10.0 Å². The first-order valence-corrected chi connectivity index (χ1v) is 7.41. The van der Waals surface area contributed by atoms with Crippen LogP contribution in [0.3, 0.4) is 0 Å². The first-order valence-electron chi connectivity index (χ1n) is 5.76. The van der Waals surface area contributed by atoms with Crippen LogP contribution >= 0.6 is 0 Å². The van der Waals surface area contributed by atoms with Gasteiger partial charge in [0.2, 0.25) is 10.0 Å². The van der Waals surface area contributed by atoms with E-state index < -0.39 is 10.0 Å². The fourth-order valence-corrected chi connectivity index (χ4v) is 3.16. The number of nitrogens with zero attached hydrogens (tertiary/aromatic N) is 1. The van der Waals surface area contributed by atoms with Crippen molar-refractivity contribution in [1.82, 2.24) is 15.0 Å². The van der Waals surface area contributed by atoms with E-state index in [0.717, 1.165) is 25.2 Å². The molecule has 6 heteroatoms. The molecule has 1 unspecified atom stereocenters. The molecule has 1 aliphatic rings. The van der Waals surface area contributed by atoms with Crippen molar-refractivity contribution in [2.24, 2.45) is 0 Å². The van der Waals surface area contributed by atoms with E-state index >= 15 is 0 Å². The average Bonchev–Trinajstić information content (AvgIpc) is 2.80. The van der Waals surface area contributed by atoms with Crippen LogP contribution in [0.25, 0.3) is 0 Å². The second kappa shape index (κ2) is 5.57. The molecule has 0 saturated carbocycles. The topological polar surface area (TPSA) is 71.1 Å². The summed E-state index contributed by atoms with van der Waals surface area (Å²) in [5, 5.41) is 3.13. The van der Waals surface area contributed by atoms with Gasteiger partial charge in [-0.1, -0.05) is 6.07 Å². The summed E-state index contributed by atoms with van der Waals surface area (Å²) in [6.07, 6.45) is 3.00. The van der Waals surface area contributed by atoms with Crippen LogP contribution in [0.4, 0.5) is 0 Å². The molecule has 1 aliphatic heterocycles. The first kappa shape index (κ1) is 12.5. The second-order valence-corrected chi connectivity index (χ2v) is 6.07. The average molecular weight is 255 g/mol. The van der Waals surface area contributed by atoms with Crippen molar-refractivity contribution in [3.63, 3.8) is 0 Å². The minimum atomic E-state index is -3.19. The van der Waals surface area contributed by atoms with E-state index in [2.05, 4.69) is 15.0 Å². The van der Waals surface area contributed by atoms with Crippen LogP contribution in [0, 0.1) is 0 Å². The SMILES string of the molecule is O=S(=O)(CCc1ccccn1)NC1CCNC1. The van der Waals surface area contributed by atoms with E-state index in [9.17, 15) is 8.42 Å². The van der Waals surface area contributed by atoms with Gasteiger partial charge >= 0.3 is 0 Å². The fourth-order valence-electron chi connectivity index (χ4n) is 1.85. The summed E-state index contributed by atoms with van der Waals surface area (Å²) in [5.74, 6) is 0.0977. The lowest BCUT2D eigenvalue weighted by Gasteiger charge is -2.11. The molecule has 17 heavy (non-hydrogen) atoms. The van der Waals surface area contributed by atoms with Gasteiger partial charge in [0.1, 0.15) is 0 Å². The van der Waals surface area contributed by atoms with Crippen LogP contribution in [0.1, 0.15) is 12.1 Å². The van der Waals surface area contributed by atoms with Gasteiger partial charge in [0, 0.05) is 30.9 Å². The van der Waals surface area contributed by atoms with Gasteiger partial charge in [-0.3, -0.25) is 4.98 Å². The van der Waals surface area contributed by atoms with Crippen molar-refractivity contribution in [3.05, 3.63) is 30.1 Å². The summed E-state index contributed by atoms with van der Waals surface area (Å²) >= 11 is 0. The molecule has 0 aromatic carbocycles. The van der Waals surface area contributed by atoms with Gasteiger partial charge in [-0.05, 0) is 25.1 Å². The third-order valence-electron chi connectivity index (χ3n) is 2.76. The Labute approximate surface area is 102 Å². The summed E-state index contributed by atoms with van der Waals surface area (Å²) in [5.41, 5.74) is 0.808. The molecule has 1 aromatic rings. The monoisotopic (exact) mass is 255 g/mol. The lowest BCUT2D eigenvalue weighted by Crippen LogP contribution is -2.38. The number of rotatable bonds is 5. The number of aryl methyl sites for hydroxylation is 1. The van der Waals surface area contributed by atoms with Crippen molar-refractivity contribution in [2.45, 2.75) is 18.9 Å². The highest BCUT2D eigenvalue weighted by Gasteiger charge is 2.20. The van der Waals surface area contributed by atoms with Crippen LogP contribution in [-0.2, 0) is 16.4 Å². The van der Waals surface area contributed by atoms with Crippen molar-refractivity contribution < 1.29 is 8.42 Å². The number of hydrogen-bond donors (Lipinski definition) is 2. The van der Waals surface area contributed by atoms with E-state index in [1.165, 1.54) is 0 Å². The smallest absolute Gasteiger partial charge is 0.212 e. The molecule has 0 amide bonds. The molecule has 1 fully saturated rings. The van der Waals surface area contributed by atoms with E-state index in [1.807, 2.05) is 18.2 Å². The van der Waals surface area contributed by atoms with Crippen LogP contribution in [0.15, 0.2) is 24.4 Å². The minimum Gasteiger partial charge on any atom is -0.315 e. The Hall–Kier alpha value is -0.980. The van der Waals surface area contributed by atoms with Gasteiger partial charge in [0.05, 0.1) is 5.75 Å². The molecule has 5 nitrogen and oxygen atoms in total. The molecule has 1 aromatic heterocycles. The molecule has 2 N–H and O–H groups in total. The number of nitrogens with one attached hydrogen (secondary N) is 2. The van der Waals surface area contributed by atoms with Gasteiger partial charge in [-0.2, -0.15) is 0 Å². The standard InChI is InChI=1S/C11H17N3O2S/c15-17(16,14-11-4-7-12-9-11)8-5-10-3-1-2-6-13-10/h1-3,6,11-12,14H,4-5,7-9H2. The highest BCUT2D eigenvalue weighted by molar-refractivity contribution is 7.89. The Morgan fingerprint density at radius 1 is 1.47 bits per heavy atom. The van der Waals surface area contributed by atoms with Crippen LogP contribution in [0.2, 0.25) is 0 Å². The Morgan fingerprint density at radius 3 is 3.00 bits per heavy atom. The number of hydrogen-bond acceptors (Lipinski definition) is 4. The van der Waals surface area contributed by atoms with Crippen molar-refractivity contribution in [2.75, 3.05) is 18.8 Å². The van der Waals surface area contributed by atoms with Gasteiger partial charge in [-0.15, -0.1) is 0 Å². The van der Waals surface area contributed by atoms with Gasteiger partial charge < -0.3 is 5.32 Å².